The first-order valence-corrected chi connectivity index (χ1v) is 11.6. The van der Waals surface area contributed by atoms with Gasteiger partial charge in [0.1, 0.15) is 5.58 Å². The van der Waals surface area contributed by atoms with Gasteiger partial charge in [-0.15, -0.1) is 0 Å². The zero-order valence-electron chi connectivity index (χ0n) is 18.7. The molecule has 3 aromatic rings. The molecule has 1 fully saturated rings. The van der Waals surface area contributed by atoms with E-state index in [9.17, 15) is 14.7 Å². The zero-order chi connectivity index (χ0) is 23.5. The molecule has 7 heteroatoms. The largest absolute Gasteiger partial charge is 0.464 e. The van der Waals surface area contributed by atoms with Crippen LogP contribution in [-0.2, 0) is 27.5 Å². The van der Waals surface area contributed by atoms with E-state index in [0.29, 0.717) is 35.4 Å². The molecule has 5 rings (SSSR count). The molecule has 2 aliphatic rings. The van der Waals surface area contributed by atoms with Gasteiger partial charge in [0, 0.05) is 24.4 Å². The van der Waals surface area contributed by atoms with Gasteiger partial charge in [-0.3, -0.25) is 9.59 Å². The van der Waals surface area contributed by atoms with Gasteiger partial charge in [0.25, 0.3) is 5.91 Å². The predicted octanol–water partition coefficient (Wildman–Crippen LogP) is 3.74. The van der Waals surface area contributed by atoms with E-state index in [1.165, 1.54) is 6.26 Å². The highest BCUT2D eigenvalue weighted by molar-refractivity contribution is 5.91. The van der Waals surface area contributed by atoms with Crippen LogP contribution in [0.3, 0.4) is 0 Å². The molecule has 2 aromatic carbocycles. The molecule has 1 aromatic heterocycles. The Balaban J connectivity index is 1.38. The van der Waals surface area contributed by atoms with E-state index < -0.39 is 12.2 Å². The Morgan fingerprint density at radius 1 is 1.09 bits per heavy atom. The van der Waals surface area contributed by atoms with Gasteiger partial charge in [-0.05, 0) is 48.1 Å². The quantitative estimate of drug-likeness (QED) is 0.530. The number of benzene rings is 2. The molecular weight excluding hydrogens is 434 g/mol. The molecular formula is C27H27NO6. The van der Waals surface area contributed by atoms with Crippen molar-refractivity contribution in [3.63, 3.8) is 0 Å². The van der Waals surface area contributed by atoms with Crippen molar-refractivity contribution in [3.05, 3.63) is 93.5 Å². The Bertz CT molecular complexity index is 1260. The zero-order valence-corrected chi connectivity index (χ0v) is 18.7. The van der Waals surface area contributed by atoms with E-state index in [1.807, 2.05) is 30.3 Å². The fraction of sp³-hybridized carbons (Fsp3) is 0.333. The Labute approximate surface area is 197 Å². The lowest BCUT2D eigenvalue weighted by Gasteiger charge is -2.29. The maximum absolute atomic E-state index is 13.2. The Morgan fingerprint density at radius 2 is 1.85 bits per heavy atom. The van der Waals surface area contributed by atoms with Gasteiger partial charge in [0.2, 0.25) is 6.29 Å². The minimum Gasteiger partial charge on any atom is -0.464 e. The van der Waals surface area contributed by atoms with Crippen molar-refractivity contribution in [1.82, 2.24) is 5.32 Å². The van der Waals surface area contributed by atoms with Crippen molar-refractivity contribution in [2.24, 2.45) is 5.92 Å². The second-order valence-corrected chi connectivity index (χ2v) is 8.88. The third kappa shape index (κ3) is 5.05. The maximum Gasteiger partial charge on any atom is 0.286 e. The van der Waals surface area contributed by atoms with Gasteiger partial charge in [0.15, 0.2) is 11.2 Å². The molecule has 1 aliphatic heterocycles. The first-order chi connectivity index (χ1) is 16.6. The number of fused-ring (bicyclic) bond motifs is 1. The van der Waals surface area contributed by atoms with Crippen LogP contribution in [0.1, 0.15) is 41.9 Å². The second kappa shape index (κ2) is 9.83. The van der Waals surface area contributed by atoms with Crippen molar-refractivity contribution in [1.29, 1.82) is 0 Å². The number of nitrogens with one attached hydrogen (secondary N) is 1. The molecule has 7 nitrogen and oxygen atoms in total. The number of allylic oxidation sites excluding steroid dienone is 1. The first-order valence-electron chi connectivity index (χ1n) is 11.6. The van der Waals surface area contributed by atoms with Crippen LogP contribution in [0.2, 0.25) is 0 Å². The van der Waals surface area contributed by atoms with Crippen molar-refractivity contribution in [3.8, 4) is 0 Å². The number of rotatable bonds is 8. The van der Waals surface area contributed by atoms with Gasteiger partial charge in [0.05, 0.1) is 24.9 Å². The molecule has 1 aliphatic carbocycles. The molecule has 0 spiro atoms. The molecule has 2 heterocycles. The van der Waals surface area contributed by atoms with E-state index in [2.05, 4.69) is 5.32 Å². The van der Waals surface area contributed by atoms with E-state index in [0.717, 1.165) is 24.0 Å². The summed E-state index contributed by atoms with van der Waals surface area (Å²) in [6.45, 7) is 0.866. The van der Waals surface area contributed by atoms with Crippen LogP contribution in [0.5, 0.6) is 0 Å². The molecule has 1 saturated carbocycles. The molecule has 0 saturated heterocycles. The van der Waals surface area contributed by atoms with Gasteiger partial charge in [-0.1, -0.05) is 36.4 Å². The third-order valence-corrected chi connectivity index (χ3v) is 6.28. The van der Waals surface area contributed by atoms with Gasteiger partial charge in [-0.25, -0.2) is 0 Å². The summed E-state index contributed by atoms with van der Waals surface area (Å²) in [5, 5.41) is 12.6. The SMILES string of the molecule is O=C(NCC1CC1)C1=C[C@@H](c2coc3ccccc3c2=O)C[C@@H](OCc2ccc(CO)cc2)O1. The summed E-state index contributed by atoms with van der Waals surface area (Å²) < 4.78 is 17.6. The number of aliphatic hydroxyl groups is 1. The molecule has 0 bridgehead atoms. The number of para-hydroxylation sites is 1. The number of ether oxygens (including phenoxy) is 2. The molecule has 176 valence electrons. The number of amides is 1. The smallest absolute Gasteiger partial charge is 0.286 e. The van der Waals surface area contributed by atoms with Gasteiger partial charge < -0.3 is 24.3 Å². The van der Waals surface area contributed by atoms with Crippen LogP contribution in [0, 0.1) is 5.92 Å². The molecule has 2 N–H and O–H groups in total. The highest BCUT2D eigenvalue weighted by atomic mass is 16.7. The third-order valence-electron chi connectivity index (χ3n) is 6.28. The van der Waals surface area contributed by atoms with E-state index in [-0.39, 0.29) is 30.3 Å². The summed E-state index contributed by atoms with van der Waals surface area (Å²) in [5.41, 5.74) is 2.60. The lowest BCUT2D eigenvalue weighted by atomic mass is 9.93. The van der Waals surface area contributed by atoms with Crippen LogP contribution in [0.25, 0.3) is 11.0 Å². The Morgan fingerprint density at radius 3 is 2.62 bits per heavy atom. The minimum absolute atomic E-state index is 0.0208. The molecule has 2 atom stereocenters. The lowest BCUT2D eigenvalue weighted by Crippen LogP contribution is -2.34. The fourth-order valence-electron chi connectivity index (χ4n) is 4.06. The average molecular weight is 462 g/mol. The monoisotopic (exact) mass is 461 g/mol. The molecule has 1 amide bonds. The Hall–Kier alpha value is -3.42. The number of hydrogen-bond donors (Lipinski definition) is 2. The molecule has 0 unspecified atom stereocenters. The Kier molecular flexibility index (Phi) is 6.47. The van der Waals surface area contributed by atoms with E-state index in [1.54, 1.807) is 24.3 Å². The minimum atomic E-state index is -0.708. The van der Waals surface area contributed by atoms with E-state index >= 15 is 0 Å². The fourth-order valence-corrected chi connectivity index (χ4v) is 4.06. The standard InChI is InChI=1S/C27H27NO6/c29-14-18-7-9-19(10-8-18)15-33-25-12-20(11-24(34-25)27(31)28-13-17-5-6-17)22-16-32-23-4-2-1-3-21(23)26(22)30/h1-4,7-11,16-17,20,25,29H,5-6,12-15H2,(H,28,31)/t20-,25+/m1/s1. The average Bonchev–Trinajstić information content (AvgIpc) is 3.71. The number of aliphatic hydroxyl groups excluding tert-OH is 1. The van der Waals surface area contributed by atoms with Crippen molar-refractivity contribution in [2.75, 3.05) is 6.54 Å². The maximum atomic E-state index is 13.2. The number of carbonyl (C=O) groups excluding carboxylic acids is 1. The first kappa shape index (κ1) is 22.4. The second-order valence-electron chi connectivity index (χ2n) is 8.88. The number of carbonyl (C=O) groups is 1. The highest BCUT2D eigenvalue weighted by Crippen LogP contribution is 2.32. The van der Waals surface area contributed by atoms with Crippen molar-refractivity contribution in [2.45, 2.75) is 44.7 Å². The van der Waals surface area contributed by atoms with Crippen LogP contribution >= 0.6 is 0 Å². The summed E-state index contributed by atoms with van der Waals surface area (Å²) in [4.78, 5) is 26.0. The van der Waals surface area contributed by atoms with Crippen LogP contribution in [0.15, 0.2) is 75.8 Å². The van der Waals surface area contributed by atoms with E-state index in [4.69, 9.17) is 13.9 Å². The summed E-state index contributed by atoms with van der Waals surface area (Å²) in [6, 6.07) is 14.5. The normalized spacial score (nSPS) is 20.0. The molecule has 0 radical (unpaired) electrons. The topological polar surface area (TPSA) is 98.0 Å². The summed E-state index contributed by atoms with van der Waals surface area (Å²) in [7, 11) is 0. The highest BCUT2D eigenvalue weighted by Gasteiger charge is 2.31. The predicted molar refractivity (Wildman–Crippen MR) is 126 cm³/mol. The van der Waals surface area contributed by atoms with Crippen LogP contribution < -0.4 is 10.7 Å². The molecule has 34 heavy (non-hydrogen) atoms. The number of hydrogen-bond acceptors (Lipinski definition) is 6. The van der Waals surface area contributed by atoms with Crippen LogP contribution in [-0.4, -0.2) is 23.8 Å². The van der Waals surface area contributed by atoms with Crippen molar-refractivity contribution >= 4 is 16.9 Å². The van der Waals surface area contributed by atoms with Crippen molar-refractivity contribution < 1.29 is 23.8 Å². The summed E-state index contributed by atoms with van der Waals surface area (Å²) >= 11 is 0. The van der Waals surface area contributed by atoms with Crippen LogP contribution in [0.4, 0.5) is 0 Å². The summed E-state index contributed by atoms with van der Waals surface area (Å²) in [5.74, 6) is -0.00350. The van der Waals surface area contributed by atoms with Gasteiger partial charge in [-0.2, -0.15) is 0 Å². The lowest BCUT2D eigenvalue weighted by molar-refractivity contribution is -0.150. The summed E-state index contributed by atoms with van der Waals surface area (Å²) in [6.07, 6.45) is 5.08. The van der Waals surface area contributed by atoms with Gasteiger partial charge >= 0.3 is 0 Å².